The Kier molecular flexibility index (Phi) is 6.65. The molecule has 134 valence electrons. The van der Waals surface area contributed by atoms with Crippen molar-refractivity contribution >= 4 is 50.0 Å². The summed E-state index contributed by atoms with van der Waals surface area (Å²) in [5.41, 5.74) is 1.05. The predicted octanol–water partition coefficient (Wildman–Crippen LogP) is 3.97. The van der Waals surface area contributed by atoms with Gasteiger partial charge in [0.15, 0.2) is 0 Å². The van der Waals surface area contributed by atoms with E-state index in [1.165, 1.54) is 12.1 Å². The highest BCUT2D eigenvalue weighted by Gasteiger charge is 2.15. The summed E-state index contributed by atoms with van der Waals surface area (Å²) in [5, 5.41) is 2.75. The van der Waals surface area contributed by atoms with E-state index in [9.17, 15) is 13.2 Å². The second kappa shape index (κ2) is 8.52. The van der Waals surface area contributed by atoms with Crippen molar-refractivity contribution < 1.29 is 13.2 Å². The van der Waals surface area contributed by atoms with Crippen molar-refractivity contribution in [1.29, 1.82) is 0 Å². The standard InChI is InChI=1S/C17H20IN3O3S/c1-3-21(4-2)17(22)19-14-9-11-16(12-10-14)25(23,24)20-15-7-5-13(18)6-8-15/h5-12,20H,3-4H2,1-2H3,(H,19,22). The molecule has 2 aromatic rings. The summed E-state index contributed by atoms with van der Waals surface area (Å²) in [6, 6.07) is 12.9. The number of nitrogens with one attached hydrogen (secondary N) is 2. The fraction of sp³-hybridized carbons (Fsp3) is 0.235. The molecule has 0 bridgehead atoms. The molecule has 2 N–H and O–H groups in total. The van der Waals surface area contributed by atoms with Gasteiger partial charge in [-0.15, -0.1) is 0 Å². The molecular weight excluding hydrogens is 453 g/mol. The zero-order chi connectivity index (χ0) is 18.4. The minimum absolute atomic E-state index is 0.131. The van der Waals surface area contributed by atoms with Gasteiger partial charge in [0.1, 0.15) is 0 Å². The molecule has 0 aromatic heterocycles. The summed E-state index contributed by atoms with van der Waals surface area (Å²) in [7, 11) is -3.67. The molecule has 25 heavy (non-hydrogen) atoms. The van der Waals surface area contributed by atoms with Crippen LogP contribution in [0, 0.1) is 3.57 Å². The van der Waals surface area contributed by atoms with E-state index in [-0.39, 0.29) is 10.9 Å². The van der Waals surface area contributed by atoms with Gasteiger partial charge in [0.25, 0.3) is 10.0 Å². The second-order valence-corrected chi connectivity index (χ2v) is 8.17. The summed E-state index contributed by atoms with van der Waals surface area (Å²) in [6.45, 7) is 5.01. The quantitative estimate of drug-likeness (QED) is 0.624. The first-order valence-electron chi connectivity index (χ1n) is 7.80. The molecule has 0 aliphatic carbocycles. The molecule has 6 nitrogen and oxygen atoms in total. The summed E-state index contributed by atoms with van der Waals surface area (Å²) in [4.78, 5) is 13.8. The van der Waals surface area contributed by atoms with Gasteiger partial charge < -0.3 is 10.2 Å². The van der Waals surface area contributed by atoms with E-state index < -0.39 is 10.0 Å². The van der Waals surface area contributed by atoms with Gasteiger partial charge in [0, 0.05) is 28.0 Å². The Morgan fingerprint density at radius 2 is 1.48 bits per heavy atom. The van der Waals surface area contributed by atoms with E-state index in [0.29, 0.717) is 24.5 Å². The highest BCUT2D eigenvalue weighted by molar-refractivity contribution is 14.1. The van der Waals surface area contributed by atoms with Crippen molar-refractivity contribution in [3.05, 3.63) is 52.1 Å². The summed E-state index contributed by atoms with van der Waals surface area (Å²) < 4.78 is 28.4. The molecule has 0 spiro atoms. The number of carbonyl (C=O) groups is 1. The number of rotatable bonds is 6. The number of sulfonamides is 1. The van der Waals surface area contributed by atoms with E-state index in [4.69, 9.17) is 0 Å². The smallest absolute Gasteiger partial charge is 0.321 e. The number of hydrogen-bond acceptors (Lipinski definition) is 3. The van der Waals surface area contributed by atoms with Crippen LogP contribution in [0.3, 0.4) is 0 Å². The van der Waals surface area contributed by atoms with Gasteiger partial charge in [-0.25, -0.2) is 13.2 Å². The van der Waals surface area contributed by atoms with Crippen LogP contribution in [0.15, 0.2) is 53.4 Å². The Morgan fingerprint density at radius 1 is 0.960 bits per heavy atom. The molecule has 8 heteroatoms. The minimum Gasteiger partial charge on any atom is -0.325 e. The fourth-order valence-corrected chi connectivity index (χ4v) is 3.58. The first-order chi connectivity index (χ1) is 11.9. The Labute approximate surface area is 161 Å². The first-order valence-corrected chi connectivity index (χ1v) is 10.4. The largest absolute Gasteiger partial charge is 0.325 e. The van der Waals surface area contributed by atoms with Gasteiger partial charge >= 0.3 is 6.03 Å². The Morgan fingerprint density at radius 3 is 2.00 bits per heavy atom. The van der Waals surface area contributed by atoms with Crippen molar-refractivity contribution in [2.75, 3.05) is 23.1 Å². The van der Waals surface area contributed by atoms with E-state index in [1.54, 1.807) is 29.2 Å². The summed E-state index contributed by atoms with van der Waals surface area (Å²) in [6.07, 6.45) is 0. The summed E-state index contributed by atoms with van der Waals surface area (Å²) in [5.74, 6) is 0. The predicted molar refractivity (Wildman–Crippen MR) is 108 cm³/mol. The lowest BCUT2D eigenvalue weighted by Gasteiger charge is -2.19. The molecule has 0 radical (unpaired) electrons. The van der Waals surface area contributed by atoms with Crippen LogP contribution in [-0.4, -0.2) is 32.4 Å². The van der Waals surface area contributed by atoms with E-state index >= 15 is 0 Å². The zero-order valence-electron chi connectivity index (χ0n) is 14.0. The van der Waals surface area contributed by atoms with Gasteiger partial charge in [-0.1, -0.05) is 0 Å². The molecule has 2 rings (SSSR count). The van der Waals surface area contributed by atoms with Gasteiger partial charge in [-0.2, -0.15) is 0 Å². The number of hydrogen-bond donors (Lipinski definition) is 2. The van der Waals surface area contributed by atoms with E-state index in [2.05, 4.69) is 32.6 Å². The van der Waals surface area contributed by atoms with Crippen molar-refractivity contribution in [1.82, 2.24) is 4.90 Å². The van der Waals surface area contributed by atoms with E-state index in [1.807, 2.05) is 26.0 Å². The van der Waals surface area contributed by atoms with Crippen molar-refractivity contribution in [2.45, 2.75) is 18.7 Å². The topological polar surface area (TPSA) is 78.5 Å². The number of anilines is 2. The molecule has 0 saturated carbocycles. The third-order valence-corrected chi connectivity index (χ3v) is 5.68. The molecule has 0 fully saturated rings. The zero-order valence-corrected chi connectivity index (χ0v) is 17.0. The summed E-state index contributed by atoms with van der Waals surface area (Å²) >= 11 is 2.15. The molecule has 2 amide bonds. The third-order valence-electron chi connectivity index (χ3n) is 3.56. The second-order valence-electron chi connectivity index (χ2n) is 5.24. The fourth-order valence-electron chi connectivity index (χ4n) is 2.16. The third kappa shape index (κ3) is 5.33. The van der Waals surface area contributed by atoms with Crippen molar-refractivity contribution in [3.8, 4) is 0 Å². The number of carbonyl (C=O) groups excluding carboxylic acids is 1. The Bertz CT molecular complexity index is 817. The molecule has 0 unspecified atom stereocenters. The average molecular weight is 473 g/mol. The number of urea groups is 1. The molecule has 0 aliphatic rings. The van der Waals surface area contributed by atoms with Gasteiger partial charge in [0.05, 0.1) is 4.90 Å². The molecule has 0 saturated heterocycles. The average Bonchev–Trinajstić information content (AvgIpc) is 2.58. The van der Waals surface area contributed by atoms with Crippen molar-refractivity contribution in [3.63, 3.8) is 0 Å². The van der Waals surface area contributed by atoms with Gasteiger partial charge in [0.2, 0.25) is 0 Å². The molecule has 0 heterocycles. The molecule has 2 aromatic carbocycles. The molecule has 0 atom stereocenters. The van der Waals surface area contributed by atoms with Crippen LogP contribution in [0.5, 0.6) is 0 Å². The maximum absolute atomic E-state index is 12.4. The normalized spacial score (nSPS) is 11.0. The first kappa shape index (κ1) is 19.5. The number of halogens is 1. The van der Waals surface area contributed by atoms with E-state index in [0.717, 1.165) is 3.57 Å². The lowest BCUT2D eigenvalue weighted by atomic mass is 10.3. The van der Waals surface area contributed by atoms with Crippen LogP contribution >= 0.6 is 22.6 Å². The van der Waals surface area contributed by atoms with Gasteiger partial charge in [-0.3, -0.25) is 4.72 Å². The highest BCUT2D eigenvalue weighted by Crippen LogP contribution is 2.19. The SMILES string of the molecule is CCN(CC)C(=O)Nc1ccc(S(=O)(=O)Nc2ccc(I)cc2)cc1. The van der Waals surface area contributed by atoms with Crippen LogP contribution in [0.1, 0.15) is 13.8 Å². The molecular formula is C17H20IN3O3S. The Balaban J connectivity index is 2.10. The maximum atomic E-state index is 12.4. The minimum atomic E-state index is -3.67. The van der Waals surface area contributed by atoms with Crippen LogP contribution in [0.4, 0.5) is 16.2 Å². The van der Waals surface area contributed by atoms with Gasteiger partial charge in [-0.05, 0) is 85.0 Å². The Hall–Kier alpha value is -1.81. The lowest BCUT2D eigenvalue weighted by molar-refractivity contribution is 0.217. The maximum Gasteiger partial charge on any atom is 0.321 e. The van der Waals surface area contributed by atoms with Crippen LogP contribution in [-0.2, 0) is 10.0 Å². The number of nitrogens with zero attached hydrogens (tertiary/aromatic N) is 1. The van der Waals surface area contributed by atoms with Crippen LogP contribution in [0.25, 0.3) is 0 Å². The van der Waals surface area contributed by atoms with Crippen molar-refractivity contribution in [2.24, 2.45) is 0 Å². The van der Waals surface area contributed by atoms with Crippen LogP contribution < -0.4 is 10.0 Å². The number of benzene rings is 2. The lowest BCUT2D eigenvalue weighted by Crippen LogP contribution is -2.34. The molecule has 0 aliphatic heterocycles. The monoisotopic (exact) mass is 473 g/mol. The highest BCUT2D eigenvalue weighted by atomic mass is 127. The number of amides is 2. The van der Waals surface area contributed by atoms with Crippen LogP contribution in [0.2, 0.25) is 0 Å².